The Morgan fingerprint density at radius 1 is 1.17 bits per heavy atom. The minimum atomic E-state index is -0.636. The predicted octanol–water partition coefficient (Wildman–Crippen LogP) is 4.81. The van der Waals surface area contributed by atoms with Gasteiger partial charge in [-0.05, 0) is 56.2 Å². The number of nitrogens with one attached hydrogen (secondary N) is 1. The molecule has 0 spiro atoms. The van der Waals surface area contributed by atoms with Crippen LogP contribution in [-0.2, 0) is 16.1 Å². The standard InChI is InChI=1S/C22H26BrClN2O3/c1-4-15(2)25-22(28)16(3)26(13-17-8-10-18(23)11-9-17)21(27)14-29-20-7-5-6-19(24)12-20/h5-12,15-16H,4,13-14H2,1-3H3,(H,25,28)/t15-,16+/m0/s1. The highest BCUT2D eigenvalue weighted by molar-refractivity contribution is 9.10. The monoisotopic (exact) mass is 480 g/mol. The van der Waals surface area contributed by atoms with Crippen LogP contribution in [0.3, 0.4) is 0 Å². The van der Waals surface area contributed by atoms with Gasteiger partial charge in [-0.1, -0.05) is 52.7 Å². The summed E-state index contributed by atoms with van der Waals surface area (Å²) < 4.78 is 6.55. The van der Waals surface area contributed by atoms with E-state index in [9.17, 15) is 9.59 Å². The molecule has 0 bridgehead atoms. The third-order valence-electron chi connectivity index (χ3n) is 4.59. The number of halogens is 2. The van der Waals surface area contributed by atoms with Gasteiger partial charge in [0, 0.05) is 22.1 Å². The van der Waals surface area contributed by atoms with Gasteiger partial charge < -0.3 is 15.0 Å². The molecule has 0 saturated heterocycles. The fourth-order valence-electron chi connectivity index (χ4n) is 2.62. The Morgan fingerprint density at radius 2 is 1.86 bits per heavy atom. The van der Waals surface area contributed by atoms with E-state index in [1.165, 1.54) is 4.90 Å². The van der Waals surface area contributed by atoms with Crippen LogP contribution in [0.5, 0.6) is 5.75 Å². The number of benzene rings is 2. The number of hydrogen-bond acceptors (Lipinski definition) is 3. The smallest absolute Gasteiger partial charge is 0.261 e. The van der Waals surface area contributed by atoms with Crippen molar-refractivity contribution in [2.75, 3.05) is 6.61 Å². The maximum atomic E-state index is 13.0. The van der Waals surface area contributed by atoms with E-state index < -0.39 is 6.04 Å². The first kappa shape index (κ1) is 23.2. The van der Waals surface area contributed by atoms with Gasteiger partial charge in [0.2, 0.25) is 5.91 Å². The zero-order valence-electron chi connectivity index (χ0n) is 16.8. The van der Waals surface area contributed by atoms with Crippen molar-refractivity contribution in [1.82, 2.24) is 10.2 Å². The molecule has 0 radical (unpaired) electrons. The van der Waals surface area contributed by atoms with E-state index in [1.54, 1.807) is 31.2 Å². The van der Waals surface area contributed by atoms with Crippen molar-refractivity contribution in [1.29, 1.82) is 0 Å². The van der Waals surface area contributed by atoms with Gasteiger partial charge in [-0.25, -0.2) is 0 Å². The predicted molar refractivity (Wildman–Crippen MR) is 119 cm³/mol. The summed E-state index contributed by atoms with van der Waals surface area (Å²) in [6.45, 7) is 5.79. The molecule has 29 heavy (non-hydrogen) atoms. The fraction of sp³-hybridized carbons (Fsp3) is 0.364. The molecule has 0 aliphatic carbocycles. The van der Waals surface area contributed by atoms with E-state index in [0.29, 0.717) is 17.3 Å². The number of ether oxygens (including phenoxy) is 1. The van der Waals surface area contributed by atoms with Crippen molar-refractivity contribution in [3.05, 3.63) is 63.6 Å². The number of carbonyl (C=O) groups excluding carboxylic acids is 2. The molecule has 156 valence electrons. The Bertz CT molecular complexity index is 829. The molecular formula is C22H26BrClN2O3. The van der Waals surface area contributed by atoms with Crippen LogP contribution in [0.25, 0.3) is 0 Å². The Balaban J connectivity index is 2.14. The van der Waals surface area contributed by atoms with Crippen LogP contribution in [0.4, 0.5) is 0 Å². The van der Waals surface area contributed by atoms with Gasteiger partial charge >= 0.3 is 0 Å². The van der Waals surface area contributed by atoms with E-state index in [0.717, 1.165) is 16.5 Å². The van der Waals surface area contributed by atoms with Crippen LogP contribution in [0, 0.1) is 0 Å². The third-order valence-corrected chi connectivity index (χ3v) is 5.36. The van der Waals surface area contributed by atoms with E-state index in [-0.39, 0.29) is 24.5 Å². The van der Waals surface area contributed by atoms with Gasteiger partial charge in [0.05, 0.1) is 0 Å². The van der Waals surface area contributed by atoms with Gasteiger partial charge in [-0.15, -0.1) is 0 Å². The summed E-state index contributed by atoms with van der Waals surface area (Å²) in [5, 5.41) is 3.47. The first-order valence-electron chi connectivity index (χ1n) is 9.52. The summed E-state index contributed by atoms with van der Waals surface area (Å²) >= 11 is 9.37. The average Bonchev–Trinajstić information content (AvgIpc) is 2.71. The molecule has 2 atom stereocenters. The molecule has 7 heteroatoms. The van der Waals surface area contributed by atoms with Crippen molar-refractivity contribution < 1.29 is 14.3 Å². The van der Waals surface area contributed by atoms with E-state index in [2.05, 4.69) is 21.2 Å². The molecular weight excluding hydrogens is 456 g/mol. The zero-order valence-corrected chi connectivity index (χ0v) is 19.2. The third kappa shape index (κ3) is 7.37. The molecule has 0 fully saturated rings. The SMILES string of the molecule is CC[C@H](C)NC(=O)[C@@H](C)N(Cc1ccc(Br)cc1)C(=O)COc1cccc(Cl)c1. The van der Waals surface area contributed by atoms with Crippen molar-refractivity contribution in [2.45, 2.75) is 45.8 Å². The summed E-state index contributed by atoms with van der Waals surface area (Å²) in [5.74, 6) is 0.0402. The van der Waals surface area contributed by atoms with Crippen molar-refractivity contribution >= 4 is 39.3 Å². The van der Waals surface area contributed by atoms with Crippen LogP contribution >= 0.6 is 27.5 Å². The van der Waals surface area contributed by atoms with Crippen LogP contribution in [0.1, 0.15) is 32.8 Å². The van der Waals surface area contributed by atoms with Gasteiger partial charge in [0.15, 0.2) is 6.61 Å². The molecule has 2 aromatic rings. The summed E-state index contributed by atoms with van der Waals surface area (Å²) in [4.78, 5) is 27.1. The maximum absolute atomic E-state index is 13.0. The van der Waals surface area contributed by atoms with Crippen LogP contribution < -0.4 is 10.1 Å². The van der Waals surface area contributed by atoms with Crippen LogP contribution in [0.2, 0.25) is 5.02 Å². The van der Waals surface area contributed by atoms with Gasteiger partial charge in [0.25, 0.3) is 5.91 Å². The summed E-state index contributed by atoms with van der Waals surface area (Å²) in [5.41, 5.74) is 0.924. The molecule has 0 saturated carbocycles. The lowest BCUT2D eigenvalue weighted by Crippen LogP contribution is -2.50. The largest absolute Gasteiger partial charge is 0.484 e. The van der Waals surface area contributed by atoms with Gasteiger partial charge in [-0.3, -0.25) is 9.59 Å². The lowest BCUT2D eigenvalue weighted by molar-refractivity contribution is -0.142. The summed E-state index contributed by atoms with van der Waals surface area (Å²) in [6, 6.07) is 13.9. The van der Waals surface area contributed by atoms with E-state index in [1.807, 2.05) is 38.1 Å². The number of nitrogens with zero attached hydrogens (tertiary/aromatic N) is 1. The van der Waals surface area contributed by atoms with E-state index in [4.69, 9.17) is 16.3 Å². The highest BCUT2D eigenvalue weighted by atomic mass is 79.9. The van der Waals surface area contributed by atoms with E-state index >= 15 is 0 Å². The zero-order chi connectivity index (χ0) is 21.4. The Kier molecular flexibility index (Phi) is 8.99. The quantitative estimate of drug-likeness (QED) is 0.559. The molecule has 0 unspecified atom stereocenters. The van der Waals surface area contributed by atoms with Gasteiger partial charge in [0.1, 0.15) is 11.8 Å². The Labute approximate surface area is 185 Å². The van der Waals surface area contributed by atoms with Crippen LogP contribution in [-0.4, -0.2) is 35.4 Å². The molecule has 2 amide bonds. The number of rotatable bonds is 9. The van der Waals surface area contributed by atoms with Crippen molar-refractivity contribution in [2.24, 2.45) is 0 Å². The minimum Gasteiger partial charge on any atom is -0.484 e. The first-order chi connectivity index (χ1) is 13.8. The molecule has 1 N–H and O–H groups in total. The normalized spacial score (nSPS) is 12.7. The average molecular weight is 482 g/mol. The van der Waals surface area contributed by atoms with Crippen LogP contribution in [0.15, 0.2) is 53.0 Å². The Hall–Kier alpha value is -2.05. The minimum absolute atomic E-state index is 0.0392. The molecule has 0 aliphatic heterocycles. The fourth-order valence-corrected chi connectivity index (χ4v) is 3.06. The molecule has 5 nitrogen and oxygen atoms in total. The topological polar surface area (TPSA) is 58.6 Å². The summed E-state index contributed by atoms with van der Waals surface area (Å²) in [6.07, 6.45) is 0.816. The highest BCUT2D eigenvalue weighted by Crippen LogP contribution is 2.18. The molecule has 0 heterocycles. The van der Waals surface area contributed by atoms with Gasteiger partial charge in [-0.2, -0.15) is 0 Å². The Morgan fingerprint density at radius 3 is 2.48 bits per heavy atom. The molecule has 2 aromatic carbocycles. The van der Waals surface area contributed by atoms with Crippen molar-refractivity contribution in [3.8, 4) is 5.75 Å². The summed E-state index contributed by atoms with van der Waals surface area (Å²) in [7, 11) is 0. The molecule has 2 rings (SSSR count). The number of amides is 2. The second kappa shape index (κ2) is 11.2. The second-order valence-corrected chi connectivity index (χ2v) is 8.24. The highest BCUT2D eigenvalue weighted by Gasteiger charge is 2.27. The number of carbonyl (C=O) groups is 2. The number of hydrogen-bond donors (Lipinski definition) is 1. The van der Waals surface area contributed by atoms with Crippen molar-refractivity contribution in [3.63, 3.8) is 0 Å². The first-order valence-corrected chi connectivity index (χ1v) is 10.7. The lowest BCUT2D eigenvalue weighted by atomic mass is 10.1. The molecule has 0 aromatic heterocycles. The second-order valence-electron chi connectivity index (χ2n) is 6.89. The lowest BCUT2D eigenvalue weighted by Gasteiger charge is -2.29. The maximum Gasteiger partial charge on any atom is 0.261 e. The molecule has 0 aliphatic rings.